The largest absolute Gasteiger partial charge is 0.497 e. The van der Waals surface area contributed by atoms with E-state index in [1.165, 1.54) is 6.92 Å². The molecule has 4 rings (SSSR count). The van der Waals surface area contributed by atoms with Crippen molar-refractivity contribution in [3.05, 3.63) is 52.8 Å². The minimum absolute atomic E-state index is 0.0247. The molecule has 1 aromatic carbocycles. The van der Waals surface area contributed by atoms with Crippen LogP contribution in [-0.4, -0.2) is 41.1 Å². The van der Waals surface area contributed by atoms with Gasteiger partial charge in [0.1, 0.15) is 5.75 Å². The van der Waals surface area contributed by atoms with E-state index in [-0.39, 0.29) is 34.3 Å². The second-order valence-corrected chi connectivity index (χ2v) is 8.08. The Morgan fingerprint density at radius 3 is 2.72 bits per heavy atom. The highest BCUT2D eigenvalue weighted by Gasteiger charge is 2.38. The maximum atomic E-state index is 13.7. The number of likely N-dealkylation sites (tertiary alicyclic amines) is 1. The van der Waals surface area contributed by atoms with Crippen molar-refractivity contribution in [2.75, 3.05) is 20.2 Å². The number of rotatable bonds is 5. The average molecular weight is 447 g/mol. The van der Waals surface area contributed by atoms with Crippen molar-refractivity contribution in [1.29, 1.82) is 0 Å². The van der Waals surface area contributed by atoms with Crippen molar-refractivity contribution in [2.24, 2.45) is 0 Å². The lowest BCUT2D eigenvalue weighted by Gasteiger charge is -2.32. The Morgan fingerprint density at radius 2 is 2.03 bits per heavy atom. The van der Waals surface area contributed by atoms with Crippen molar-refractivity contribution in [1.82, 2.24) is 15.0 Å². The highest BCUT2D eigenvalue weighted by atomic mass is 19.4. The number of carbonyl (C=O) groups excluding carboxylic acids is 1. The summed E-state index contributed by atoms with van der Waals surface area (Å²) in [6.07, 6.45) is -2.32. The molecule has 1 unspecified atom stereocenters. The van der Waals surface area contributed by atoms with Crippen LogP contribution in [0.15, 0.2) is 34.9 Å². The minimum atomic E-state index is -4.55. The molecule has 0 spiro atoms. The number of pyridine rings is 1. The fraction of sp³-hybridized carbons (Fsp3) is 0.435. The Kier molecular flexibility index (Phi) is 6.08. The van der Waals surface area contributed by atoms with Gasteiger partial charge in [-0.05, 0) is 49.9 Å². The van der Waals surface area contributed by atoms with Gasteiger partial charge in [0.15, 0.2) is 0 Å². The lowest BCUT2D eigenvalue weighted by Crippen LogP contribution is -2.39. The lowest BCUT2D eigenvalue weighted by molar-refractivity contribution is -0.136. The first kappa shape index (κ1) is 22.1. The van der Waals surface area contributed by atoms with Crippen molar-refractivity contribution >= 4 is 17.0 Å². The van der Waals surface area contributed by atoms with Crippen LogP contribution in [0.3, 0.4) is 0 Å². The molecular weight excluding hydrogens is 423 g/mol. The molecule has 170 valence electrons. The van der Waals surface area contributed by atoms with Crippen LogP contribution in [0.25, 0.3) is 11.1 Å². The van der Waals surface area contributed by atoms with Crippen LogP contribution in [0.2, 0.25) is 0 Å². The quantitative estimate of drug-likeness (QED) is 0.557. The zero-order valence-electron chi connectivity index (χ0n) is 17.9. The maximum absolute atomic E-state index is 13.7. The first-order valence-electron chi connectivity index (χ1n) is 10.5. The molecular formula is C23H24F3N3O3. The second-order valence-electron chi connectivity index (χ2n) is 8.08. The molecule has 2 aromatic heterocycles. The molecule has 0 N–H and O–H groups in total. The molecule has 3 heterocycles. The van der Waals surface area contributed by atoms with Gasteiger partial charge in [-0.2, -0.15) is 13.2 Å². The van der Waals surface area contributed by atoms with Crippen LogP contribution >= 0.6 is 0 Å². The summed E-state index contributed by atoms with van der Waals surface area (Å²) < 4.78 is 51.3. The van der Waals surface area contributed by atoms with Gasteiger partial charge in [0.05, 0.1) is 23.8 Å². The van der Waals surface area contributed by atoms with E-state index in [0.29, 0.717) is 38.8 Å². The summed E-state index contributed by atoms with van der Waals surface area (Å²) >= 11 is 0. The number of benzene rings is 1. The van der Waals surface area contributed by atoms with Gasteiger partial charge in [-0.15, -0.1) is 0 Å². The van der Waals surface area contributed by atoms with Gasteiger partial charge in [0.2, 0.25) is 5.91 Å². The predicted octanol–water partition coefficient (Wildman–Crippen LogP) is 4.90. The molecule has 1 atom stereocenters. The minimum Gasteiger partial charge on any atom is -0.497 e. The summed E-state index contributed by atoms with van der Waals surface area (Å²) in [7, 11) is 1.60. The molecule has 1 fully saturated rings. The van der Waals surface area contributed by atoms with Crippen LogP contribution < -0.4 is 4.74 Å². The summed E-state index contributed by atoms with van der Waals surface area (Å²) in [4.78, 5) is 18.6. The number of methoxy groups -OCH3 is 1. The van der Waals surface area contributed by atoms with Crippen LogP contribution in [0, 0.1) is 6.92 Å². The van der Waals surface area contributed by atoms with Crippen molar-refractivity contribution in [3.8, 4) is 5.75 Å². The first-order chi connectivity index (χ1) is 15.3. The Balaban J connectivity index is 1.50. The summed E-state index contributed by atoms with van der Waals surface area (Å²) in [6, 6.07) is 8.55. The number of halogens is 3. The molecule has 0 bridgehead atoms. The summed E-state index contributed by atoms with van der Waals surface area (Å²) in [5.74, 6) is 0.394. The van der Waals surface area contributed by atoms with E-state index < -0.39 is 11.7 Å². The second kappa shape index (κ2) is 8.80. The number of fused-ring (bicyclic) bond motifs is 1. The molecule has 1 amide bonds. The molecule has 0 aliphatic carbocycles. The normalized spacial score (nSPS) is 17.0. The summed E-state index contributed by atoms with van der Waals surface area (Å²) in [5.41, 5.74) is 0.555. The third kappa shape index (κ3) is 4.56. The number of nitrogens with zero attached hydrogens (tertiary/aromatic N) is 3. The average Bonchev–Trinajstić information content (AvgIpc) is 3.20. The zero-order chi connectivity index (χ0) is 22.9. The molecule has 6 nitrogen and oxygen atoms in total. The van der Waals surface area contributed by atoms with E-state index in [9.17, 15) is 18.0 Å². The van der Waals surface area contributed by atoms with E-state index in [2.05, 4.69) is 10.1 Å². The van der Waals surface area contributed by atoms with Crippen LogP contribution in [0.5, 0.6) is 5.75 Å². The van der Waals surface area contributed by atoms with E-state index in [0.717, 1.165) is 17.4 Å². The van der Waals surface area contributed by atoms with Crippen molar-refractivity contribution in [3.63, 3.8) is 0 Å². The topological polar surface area (TPSA) is 68.5 Å². The molecule has 9 heteroatoms. The molecule has 0 radical (unpaired) electrons. The van der Waals surface area contributed by atoms with Gasteiger partial charge < -0.3 is 14.2 Å². The number of aromatic nitrogens is 2. The summed E-state index contributed by atoms with van der Waals surface area (Å²) in [5, 5.41) is 3.85. The van der Waals surface area contributed by atoms with E-state index in [4.69, 9.17) is 9.26 Å². The Hall–Kier alpha value is -3.10. The molecule has 3 aromatic rings. The predicted molar refractivity (Wildman–Crippen MR) is 111 cm³/mol. The van der Waals surface area contributed by atoms with E-state index in [1.807, 2.05) is 24.3 Å². The highest BCUT2D eigenvalue weighted by Crippen LogP contribution is 2.40. The van der Waals surface area contributed by atoms with Gasteiger partial charge >= 0.3 is 6.18 Å². The van der Waals surface area contributed by atoms with Crippen molar-refractivity contribution in [2.45, 2.75) is 44.7 Å². The molecule has 32 heavy (non-hydrogen) atoms. The van der Waals surface area contributed by atoms with Gasteiger partial charge in [-0.25, -0.2) is 4.98 Å². The number of ether oxygens (including phenoxy) is 1. The zero-order valence-corrected chi connectivity index (χ0v) is 17.9. The molecule has 1 aliphatic heterocycles. The fourth-order valence-electron chi connectivity index (χ4n) is 4.23. The monoisotopic (exact) mass is 447 g/mol. The number of hydrogen-bond donors (Lipinski definition) is 0. The third-order valence-corrected chi connectivity index (χ3v) is 5.85. The SMILES string of the molecule is COc1ccc(CCC(=O)N2CCCC(c3noc4nc(C)cc(C(F)(F)F)c34)C2)cc1. The van der Waals surface area contributed by atoms with E-state index in [1.54, 1.807) is 12.0 Å². The molecule has 1 saturated heterocycles. The van der Waals surface area contributed by atoms with Gasteiger partial charge in [0.25, 0.3) is 5.71 Å². The maximum Gasteiger partial charge on any atom is 0.417 e. The fourth-order valence-corrected chi connectivity index (χ4v) is 4.23. The standard InChI is InChI=1S/C23H24F3N3O3/c1-14-12-18(23(24,25)26)20-21(28-32-22(20)27-14)16-4-3-11-29(13-16)19(30)10-7-15-5-8-17(31-2)9-6-15/h5-6,8-9,12,16H,3-4,7,10-11,13H2,1-2H3. The summed E-state index contributed by atoms with van der Waals surface area (Å²) in [6.45, 7) is 2.38. The van der Waals surface area contributed by atoms with Crippen LogP contribution in [0.1, 0.15) is 47.7 Å². The first-order valence-corrected chi connectivity index (χ1v) is 10.5. The highest BCUT2D eigenvalue weighted by molar-refractivity contribution is 5.82. The number of aryl methyl sites for hydroxylation is 2. The Bertz CT molecular complexity index is 1110. The number of amides is 1. The van der Waals surface area contributed by atoms with Gasteiger partial charge in [0, 0.05) is 31.1 Å². The molecule has 0 saturated carbocycles. The van der Waals surface area contributed by atoms with Gasteiger partial charge in [-0.3, -0.25) is 4.79 Å². The lowest BCUT2D eigenvalue weighted by atomic mass is 9.91. The Labute approximate surface area is 183 Å². The van der Waals surface area contributed by atoms with Crippen LogP contribution in [0.4, 0.5) is 13.2 Å². The smallest absolute Gasteiger partial charge is 0.417 e. The number of carbonyl (C=O) groups is 1. The number of piperidine rings is 1. The van der Waals surface area contributed by atoms with Crippen LogP contribution in [-0.2, 0) is 17.4 Å². The number of hydrogen-bond acceptors (Lipinski definition) is 5. The van der Waals surface area contributed by atoms with E-state index >= 15 is 0 Å². The third-order valence-electron chi connectivity index (χ3n) is 5.85. The molecule has 1 aliphatic rings. The number of alkyl halides is 3. The Morgan fingerprint density at radius 1 is 1.28 bits per heavy atom. The van der Waals surface area contributed by atoms with Crippen molar-refractivity contribution < 1.29 is 27.2 Å². The van der Waals surface area contributed by atoms with Gasteiger partial charge in [-0.1, -0.05) is 17.3 Å².